The summed E-state index contributed by atoms with van der Waals surface area (Å²) >= 11 is 0. The molecule has 0 fully saturated rings. The van der Waals surface area contributed by atoms with Crippen LogP contribution in [-0.2, 0) is 9.84 Å². The van der Waals surface area contributed by atoms with Crippen LogP contribution in [0.2, 0.25) is 0 Å². The van der Waals surface area contributed by atoms with Crippen molar-refractivity contribution in [3.63, 3.8) is 0 Å². The van der Waals surface area contributed by atoms with Crippen LogP contribution >= 0.6 is 0 Å². The molecule has 0 saturated heterocycles. The maximum Gasteiger partial charge on any atom is 0.349 e. The number of rotatable bonds is 2. The van der Waals surface area contributed by atoms with Crippen molar-refractivity contribution in [2.75, 3.05) is 5.75 Å². The zero-order chi connectivity index (χ0) is 15.0. The van der Waals surface area contributed by atoms with Gasteiger partial charge in [0.05, 0.1) is 11.8 Å². The number of para-hydroxylation sites is 1. The predicted octanol–water partition coefficient (Wildman–Crippen LogP) is 0.834. The minimum Gasteiger partial charge on any atom is -0.422 e. The Balaban J connectivity index is 1.90. The van der Waals surface area contributed by atoms with Crippen molar-refractivity contribution >= 4 is 26.7 Å². The summed E-state index contributed by atoms with van der Waals surface area (Å²) in [7, 11) is -3.26. The third kappa shape index (κ3) is 2.73. The first-order valence-electron chi connectivity index (χ1n) is 6.19. The second kappa shape index (κ2) is 4.85. The highest BCUT2D eigenvalue weighted by atomic mass is 32.2. The molecular weight excluding hydrogens is 294 g/mol. The Kier molecular flexibility index (Phi) is 3.13. The van der Waals surface area contributed by atoms with Gasteiger partial charge >= 0.3 is 5.63 Å². The van der Waals surface area contributed by atoms with Gasteiger partial charge in [0, 0.05) is 10.8 Å². The maximum absolute atomic E-state index is 12.1. The van der Waals surface area contributed by atoms with Gasteiger partial charge in [-0.05, 0) is 18.2 Å². The first-order valence-corrected chi connectivity index (χ1v) is 7.91. The van der Waals surface area contributed by atoms with Crippen molar-refractivity contribution in [3.05, 3.63) is 57.8 Å². The molecule has 7 heteroatoms. The molecule has 3 rings (SSSR count). The van der Waals surface area contributed by atoms with Crippen LogP contribution in [0.15, 0.2) is 51.0 Å². The zero-order valence-electron chi connectivity index (χ0n) is 10.8. The molecule has 21 heavy (non-hydrogen) atoms. The zero-order valence-corrected chi connectivity index (χ0v) is 11.6. The molecule has 1 aliphatic rings. The van der Waals surface area contributed by atoms with Gasteiger partial charge in [-0.25, -0.2) is 13.2 Å². The van der Waals surface area contributed by atoms with Crippen LogP contribution in [0.25, 0.3) is 11.0 Å². The van der Waals surface area contributed by atoms with E-state index in [2.05, 4.69) is 5.32 Å². The second-order valence-corrected chi connectivity index (χ2v) is 6.65. The number of fused-ring (bicyclic) bond motifs is 1. The average Bonchev–Trinajstić information content (AvgIpc) is 2.77. The van der Waals surface area contributed by atoms with Gasteiger partial charge in [0.25, 0.3) is 5.91 Å². The summed E-state index contributed by atoms with van der Waals surface area (Å²) in [6.45, 7) is 0. The summed E-state index contributed by atoms with van der Waals surface area (Å²) in [5.74, 6) is -0.848. The fourth-order valence-electron chi connectivity index (χ4n) is 2.13. The van der Waals surface area contributed by atoms with Gasteiger partial charge in [0.2, 0.25) is 0 Å². The van der Waals surface area contributed by atoms with Crippen LogP contribution in [0, 0.1) is 0 Å². The first kappa shape index (κ1) is 13.6. The lowest BCUT2D eigenvalue weighted by molar-refractivity contribution is 0.0944. The Morgan fingerprint density at radius 3 is 2.76 bits per heavy atom. The topological polar surface area (TPSA) is 93.4 Å². The number of sulfone groups is 1. The quantitative estimate of drug-likeness (QED) is 0.830. The highest BCUT2D eigenvalue weighted by Gasteiger charge is 2.24. The second-order valence-electron chi connectivity index (χ2n) is 4.72. The predicted molar refractivity (Wildman–Crippen MR) is 76.7 cm³/mol. The number of amides is 1. The highest BCUT2D eigenvalue weighted by Crippen LogP contribution is 2.13. The fraction of sp³-hybridized carbons (Fsp3) is 0.143. The Bertz CT molecular complexity index is 910. The SMILES string of the molecule is O=C(N[C@@H]1C=CS(=O)(=O)C1)c1cc2ccccc2oc1=O. The van der Waals surface area contributed by atoms with Gasteiger partial charge < -0.3 is 9.73 Å². The number of hydrogen-bond donors (Lipinski definition) is 1. The van der Waals surface area contributed by atoms with Gasteiger partial charge in [-0.3, -0.25) is 4.79 Å². The number of benzene rings is 1. The lowest BCUT2D eigenvalue weighted by Gasteiger charge is -2.09. The van der Waals surface area contributed by atoms with Crippen LogP contribution in [0.5, 0.6) is 0 Å². The van der Waals surface area contributed by atoms with E-state index in [1.165, 1.54) is 12.1 Å². The molecule has 1 aromatic carbocycles. The van der Waals surface area contributed by atoms with E-state index in [0.717, 1.165) is 5.41 Å². The molecule has 6 nitrogen and oxygen atoms in total. The summed E-state index contributed by atoms with van der Waals surface area (Å²) < 4.78 is 27.6. The van der Waals surface area contributed by atoms with Crippen LogP contribution < -0.4 is 10.9 Å². The molecule has 0 bridgehead atoms. The monoisotopic (exact) mass is 305 g/mol. The van der Waals surface area contributed by atoms with Gasteiger partial charge in [-0.15, -0.1) is 0 Å². The molecule has 0 aliphatic carbocycles. The first-order chi connectivity index (χ1) is 9.94. The van der Waals surface area contributed by atoms with E-state index in [0.29, 0.717) is 11.0 Å². The van der Waals surface area contributed by atoms with Crippen molar-refractivity contribution in [2.24, 2.45) is 0 Å². The van der Waals surface area contributed by atoms with E-state index in [9.17, 15) is 18.0 Å². The van der Waals surface area contributed by atoms with Gasteiger partial charge in [-0.2, -0.15) is 0 Å². The van der Waals surface area contributed by atoms with E-state index in [1.54, 1.807) is 24.3 Å². The fourth-order valence-corrected chi connectivity index (χ4v) is 3.37. The standard InChI is InChI=1S/C14H11NO5S/c16-13(15-10-5-6-21(18,19)8-10)11-7-9-3-1-2-4-12(9)20-14(11)17/h1-7,10H,8H2,(H,15,16)/t10-/m1/s1. The molecule has 0 unspecified atom stereocenters. The summed E-state index contributed by atoms with van der Waals surface area (Å²) in [5.41, 5.74) is -0.509. The molecule has 0 saturated carbocycles. The largest absolute Gasteiger partial charge is 0.422 e. The molecule has 2 aromatic rings. The molecule has 1 amide bonds. The molecule has 0 spiro atoms. The van der Waals surface area contributed by atoms with Gasteiger partial charge in [0.1, 0.15) is 11.1 Å². The van der Waals surface area contributed by atoms with Crippen molar-refractivity contribution in [2.45, 2.75) is 6.04 Å². The Labute approximate surface area is 120 Å². The van der Waals surface area contributed by atoms with Crippen molar-refractivity contribution in [3.8, 4) is 0 Å². The minimum absolute atomic E-state index is 0.147. The van der Waals surface area contributed by atoms with E-state index >= 15 is 0 Å². The highest BCUT2D eigenvalue weighted by molar-refractivity contribution is 7.94. The lowest BCUT2D eigenvalue weighted by atomic mass is 10.1. The van der Waals surface area contributed by atoms with E-state index in [4.69, 9.17) is 4.42 Å². The van der Waals surface area contributed by atoms with Crippen LogP contribution in [0.4, 0.5) is 0 Å². The van der Waals surface area contributed by atoms with Crippen LogP contribution in [0.1, 0.15) is 10.4 Å². The molecule has 1 atom stereocenters. The molecule has 108 valence electrons. The molecular formula is C14H11NO5S. The minimum atomic E-state index is -3.26. The molecule has 1 aromatic heterocycles. The number of nitrogens with one attached hydrogen (secondary N) is 1. The van der Waals surface area contributed by atoms with E-state index in [-0.39, 0.29) is 11.3 Å². The average molecular weight is 305 g/mol. The number of hydrogen-bond acceptors (Lipinski definition) is 5. The third-order valence-corrected chi connectivity index (χ3v) is 4.53. The molecule has 1 N–H and O–H groups in total. The van der Waals surface area contributed by atoms with Crippen molar-refractivity contribution in [1.82, 2.24) is 5.32 Å². The Hall–Kier alpha value is -2.41. The number of carbonyl (C=O) groups excluding carboxylic acids is 1. The summed E-state index contributed by atoms with van der Waals surface area (Å²) in [4.78, 5) is 23.9. The van der Waals surface area contributed by atoms with Crippen LogP contribution in [0.3, 0.4) is 0 Å². The van der Waals surface area contributed by atoms with Crippen molar-refractivity contribution < 1.29 is 17.6 Å². The molecule has 0 radical (unpaired) electrons. The molecule has 2 heterocycles. The normalized spacial score (nSPS) is 19.7. The summed E-state index contributed by atoms with van der Waals surface area (Å²) in [6, 6.07) is 7.63. The maximum atomic E-state index is 12.1. The lowest BCUT2D eigenvalue weighted by Crippen LogP contribution is -2.37. The summed E-state index contributed by atoms with van der Waals surface area (Å²) in [6.07, 6.45) is 1.38. The number of carbonyl (C=O) groups is 1. The van der Waals surface area contributed by atoms with Gasteiger partial charge in [-0.1, -0.05) is 18.2 Å². The van der Waals surface area contributed by atoms with Gasteiger partial charge in [0.15, 0.2) is 9.84 Å². The van der Waals surface area contributed by atoms with Crippen molar-refractivity contribution in [1.29, 1.82) is 0 Å². The van der Waals surface area contributed by atoms with Crippen LogP contribution in [-0.4, -0.2) is 26.1 Å². The Morgan fingerprint density at radius 1 is 1.29 bits per heavy atom. The Morgan fingerprint density at radius 2 is 2.05 bits per heavy atom. The van der Waals surface area contributed by atoms with E-state index in [1.807, 2.05) is 0 Å². The molecule has 1 aliphatic heterocycles. The smallest absolute Gasteiger partial charge is 0.349 e. The van der Waals surface area contributed by atoms with E-state index < -0.39 is 27.4 Å². The third-order valence-electron chi connectivity index (χ3n) is 3.13. The summed E-state index contributed by atoms with van der Waals surface area (Å²) in [5, 5.41) is 4.17.